The van der Waals surface area contributed by atoms with E-state index in [9.17, 15) is 14.7 Å². The number of hydrogen-bond donors (Lipinski definition) is 2. The summed E-state index contributed by atoms with van der Waals surface area (Å²) in [6.45, 7) is 3.79. The van der Waals surface area contributed by atoms with Crippen molar-refractivity contribution in [3.63, 3.8) is 0 Å². The van der Waals surface area contributed by atoms with E-state index in [4.69, 9.17) is 0 Å². The van der Waals surface area contributed by atoms with Crippen LogP contribution in [0.15, 0.2) is 59.5 Å². The van der Waals surface area contributed by atoms with Crippen molar-refractivity contribution in [1.29, 1.82) is 0 Å². The lowest BCUT2D eigenvalue weighted by molar-refractivity contribution is 0.102. The zero-order valence-electron chi connectivity index (χ0n) is 14.2. The number of benzene rings is 2. The molecule has 1 unspecified atom stereocenters. The van der Waals surface area contributed by atoms with Crippen molar-refractivity contribution < 1.29 is 9.90 Å². The van der Waals surface area contributed by atoms with Crippen LogP contribution >= 0.6 is 0 Å². The molecule has 0 aliphatic heterocycles. The van der Waals surface area contributed by atoms with E-state index in [1.165, 1.54) is 4.57 Å². The second-order valence-electron chi connectivity index (χ2n) is 6.21. The Bertz CT molecular complexity index is 990. The van der Waals surface area contributed by atoms with Crippen LogP contribution in [0.1, 0.15) is 22.8 Å². The van der Waals surface area contributed by atoms with Gasteiger partial charge in [-0.2, -0.15) is 0 Å². The Morgan fingerprint density at radius 2 is 1.92 bits per heavy atom. The quantitative estimate of drug-likeness (QED) is 0.769. The summed E-state index contributed by atoms with van der Waals surface area (Å²) in [5, 5.41) is 13.6. The lowest BCUT2D eigenvalue weighted by atomic mass is 10.1. The molecule has 0 bridgehead atoms. The van der Waals surface area contributed by atoms with Crippen molar-refractivity contribution in [2.45, 2.75) is 26.5 Å². The molecule has 3 aromatic rings. The smallest absolute Gasteiger partial charge is 0.258 e. The van der Waals surface area contributed by atoms with Gasteiger partial charge >= 0.3 is 0 Å². The SMILES string of the molecule is Cc1cccc(C(=O)Nc2cccc3c(=O)n(CC(C)O)ccc23)c1. The average Bonchev–Trinajstić information content (AvgIpc) is 2.57. The van der Waals surface area contributed by atoms with Gasteiger partial charge in [-0.15, -0.1) is 0 Å². The van der Waals surface area contributed by atoms with E-state index in [1.54, 1.807) is 43.5 Å². The van der Waals surface area contributed by atoms with E-state index < -0.39 is 6.10 Å². The number of aliphatic hydroxyl groups excluding tert-OH is 1. The predicted molar refractivity (Wildman–Crippen MR) is 99.0 cm³/mol. The predicted octanol–water partition coefficient (Wildman–Crippen LogP) is 2.94. The number of nitrogens with zero attached hydrogens (tertiary/aromatic N) is 1. The molecular weight excluding hydrogens is 316 g/mol. The summed E-state index contributed by atoms with van der Waals surface area (Å²) in [5.74, 6) is -0.218. The maximum atomic E-state index is 12.6. The Labute approximate surface area is 145 Å². The maximum Gasteiger partial charge on any atom is 0.258 e. The zero-order chi connectivity index (χ0) is 18.0. The first-order valence-electron chi connectivity index (χ1n) is 8.14. The first-order chi connectivity index (χ1) is 12.0. The number of aryl methyl sites for hydroxylation is 1. The number of fused-ring (bicyclic) bond motifs is 1. The largest absolute Gasteiger partial charge is 0.392 e. The molecule has 128 valence electrons. The van der Waals surface area contributed by atoms with E-state index in [1.807, 2.05) is 25.1 Å². The Morgan fingerprint density at radius 3 is 2.64 bits per heavy atom. The molecule has 1 aromatic heterocycles. The van der Waals surface area contributed by atoms with E-state index in [0.29, 0.717) is 22.0 Å². The molecule has 0 saturated carbocycles. The number of aliphatic hydroxyl groups is 1. The highest BCUT2D eigenvalue weighted by molar-refractivity contribution is 6.09. The number of rotatable bonds is 4. The molecule has 5 nitrogen and oxygen atoms in total. The Balaban J connectivity index is 1.99. The van der Waals surface area contributed by atoms with Crippen LogP contribution in [0.2, 0.25) is 0 Å². The van der Waals surface area contributed by atoms with Crippen LogP contribution in [0.5, 0.6) is 0 Å². The fourth-order valence-electron chi connectivity index (χ4n) is 2.84. The van der Waals surface area contributed by atoms with Crippen LogP contribution in [0, 0.1) is 6.92 Å². The monoisotopic (exact) mass is 336 g/mol. The van der Waals surface area contributed by atoms with Gasteiger partial charge in [-0.05, 0) is 44.2 Å². The minimum atomic E-state index is -0.612. The first-order valence-corrected chi connectivity index (χ1v) is 8.14. The normalized spacial score (nSPS) is 12.1. The zero-order valence-corrected chi connectivity index (χ0v) is 14.2. The number of carbonyl (C=O) groups excluding carboxylic acids is 1. The lowest BCUT2D eigenvalue weighted by Crippen LogP contribution is -2.25. The van der Waals surface area contributed by atoms with Crippen LogP contribution in [0.25, 0.3) is 10.8 Å². The molecular formula is C20H20N2O3. The van der Waals surface area contributed by atoms with Gasteiger partial charge < -0.3 is 15.0 Å². The van der Waals surface area contributed by atoms with Crippen molar-refractivity contribution in [3.8, 4) is 0 Å². The number of amides is 1. The Hall–Kier alpha value is -2.92. The van der Waals surface area contributed by atoms with Gasteiger partial charge in [0.15, 0.2) is 0 Å². The molecule has 1 heterocycles. The summed E-state index contributed by atoms with van der Waals surface area (Å²) in [6, 6.07) is 14.3. The summed E-state index contributed by atoms with van der Waals surface area (Å²) in [6.07, 6.45) is 1.03. The van der Waals surface area contributed by atoms with Crippen molar-refractivity contribution in [2.75, 3.05) is 5.32 Å². The molecule has 25 heavy (non-hydrogen) atoms. The van der Waals surface area contributed by atoms with Crippen LogP contribution < -0.4 is 10.9 Å². The minimum Gasteiger partial charge on any atom is -0.392 e. The highest BCUT2D eigenvalue weighted by Crippen LogP contribution is 2.21. The molecule has 2 N–H and O–H groups in total. The Kier molecular flexibility index (Phi) is 4.67. The molecule has 0 radical (unpaired) electrons. The molecule has 3 rings (SSSR count). The number of aromatic nitrogens is 1. The maximum absolute atomic E-state index is 12.6. The molecule has 0 saturated heterocycles. The van der Waals surface area contributed by atoms with Gasteiger partial charge in [0.05, 0.1) is 12.6 Å². The highest BCUT2D eigenvalue weighted by atomic mass is 16.3. The van der Waals surface area contributed by atoms with Crippen molar-refractivity contribution in [3.05, 3.63) is 76.2 Å². The molecule has 0 fully saturated rings. The van der Waals surface area contributed by atoms with Gasteiger partial charge in [0.1, 0.15) is 0 Å². The van der Waals surface area contributed by atoms with Gasteiger partial charge in [0.25, 0.3) is 11.5 Å². The number of hydrogen-bond acceptors (Lipinski definition) is 3. The lowest BCUT2D eigenvalue weighted by Gasteiger charge is -2.12. The number of pyridine rings is 1. The average molecular weight is 336 g/mol. The summed E-state index contributed by atoms with van der Waals surface area (Å²) in [5.41, 5.74) is 1.97. The fraction of sp³-hybridized carbons (Fsp3) is 0.200. The van der Waals surface area contributed by atoms with Crippen molar-refractivity contribution in [2.24, 2.45) is 0 Å². The third-order valence-corrected chi connectivity index (χ3v) is 4.01. The van der Waals surface area contributed by atoms with Crippen LogP contribution in [-0.4, -0.2) is 21.7 Å². The molecule has 5 heteroatoms. The van der Waals surface area contributed by atoms with E-state index >= 15 is 0 Å². The van der Waals surface area contributed by atoms with Gasteiger partial charge in [-0.3, -0.25) is 9.59 Å². The minimum absolute atomic E-state index is 0.190. The number of carbonyl (C=O) groups is 1. The molecule has 1 atom stereocenters. The molecule has 0 spiro atoms. The second-order valence-corrected chi connectivity index (χ2v) is 6.21. The topological polar surface area (TPSA) is 71.3 Å². The van der Waals surface area contributed by atoms with Crippen molar-refractivity contribution >= 4 is 22.4 Å². The van der Waals surface area contributed by atoms with Crippen LogP contribution in [0.4, 0.5) is 5.69 Å². The van der Waals surface area contributed by atoms with E-state index in [2.05, 4.69) is 5.32 Å². The third-order valence-electron chi connectivity index (χ3n) is 4.01. The molecule has 1 amide bonds. The van der Waals surface area contributed by atoms with Crippen LogP contribution in [0.3, 0.4) is 0 Å². The van der Waals surface area contributed by atoms with Gasteiger partial charge in [-0.1, -0.05) is 23.8 Å². The first kappa shape index (κ1) is 16.9. The van der Waals surface area contributed by atoms with Crippen molar-refractivity contribution in [1.82, 2.24) is 4.57 Å². The summed E-state index contributed by atoms with van der Waals surface area (Å²) in [7, 11) is 0. The second kappa shape index (κ2) is 6.91. The van der Waals surface area contributed by atoms with Gasteiger partial charge in [-0.25, -0.2) is 0 Å². The third kappa shape index (κ3) is 3.61. The van der Waals surface area contributed by atoms with Crippen LogP contribution in [-0.2, 0) is 6.54 Å². The number of anilines is 1. The standard InChI is InChI=1S/C20H20N2O3/c1-13-5-3-6-15(11-13)19(24)21-18-8-4-7-17-16(18)9-10-22(20(17)25)12-14(2)23/h3-11,14,23H,12H2,1-2H3,(H,21,24). The highest BCUT2D eigenvalue weighted by Gasteiger charge is 2.11. The van der Waals surface area contributed by atoms with Gasteiger partial charge in [0, 0.05) is 28.2 Å². The van der Waals surface area contributed by atoms with Gasteiger partial charge in [0.2, 0.25) is 0 Å². The summed E-state index contributed by atoms with van der Waals surface area (Å²) < 4.78 is 1.47. The molecule has 2 aromatic carbocycles. The fourth-order valence-corrected chi connectivity index (χ4v) is 2.84. The molecule has 0 aliphatic rings. The Morgan fingerprint density at radius 1 is 1.16 bits per heavy atom. The van der Waals surface area contributed by atoms with E-state index in [0.717, 1.165) is 5.56 Å². The summed E-state index contributed by atoms with van der Waals surface area (Å²) >= 11 is 0. The van der Waals surface area contributed by atoms with E-state index in [-0.39, 0.29) is 18.0 Å². The number of nitrogens with one attached hydrogen (secondary N) is 1. The molecule has 0 aliphatic carbocycles. The summed E-state index contributed by atoms with van der Waals surface area (Å²) in [4.78, 5) is 25.0.